The molecule has 1 unspecified atom stereocenters. The standard InChI is InChI=1S/C16H31N5O2/c1-5-7-9-23-10-8-18-15(17-6-2)19-13-16(3,22)14-11-20-21(4)12-14/h11-12,22H,5-10,13H2,1-4H3,(H2,17,18,19). The summed E-state index contributed by atoms with van der Waals surface area (Å²) in [6.45, 7) is 9.03. The molecular weight excluding hydrogens is 294 g/mol. The fraction of sp³-hybridized carbons (Fsp3) is 0.750. The van der Waals surface area contributed by atoms with Crippen molar-refractivity contribution in [2.24, 2.45) is 12.0 Å². The van der Waals surface area contributed by atoms with Crippen molar-refractivity contribution in [2.45, 2.75) is 39.2 Å². The maximum atomic E-state index is 10.5. The second kappa shape index (κ2) is 10.2. The smallest absolute Gasteiger partial charge is 0.191 e. The monoisotopic (exact) mass is 325 g/mol. The molecule has 23 heavy (non-hydrogen) atoms. The summed E-state index contributed by atoms with van der Waals surface area (Å²) in [7, 11) is 1.83. The Morgan fingerprint density at radius 1 is 1.39 bits per heavy atom. The average molecular weight is 325 g/mol. The Morgan fingerprint density at radius 2 is 2.17 bits per heavy atom. The van der Waals surface area contributed by atoms with Crippen LogP contribution in [0.4, 0.5) is 0 Å². The van der Waals surface area contributed by atoms with Gasteiger partial charge in [0.05, 0.1) is 19.3 Å². The minimum absolute atomic E-state index is 0.255. The highest BCUT2D eigenvalue weighted by Crippen LogP contribution is 2.19. The molecule has 0 fully saturated rings. The number of hydrogen-bond acceptors (Lipinski definition) is 4. The minimum atomic E-state index is -1.05. The van der Waals surface area contributed by atoms with Gasteiger partial charge in [0.25, 0.3) is 0 Å². The molecule has 0 aromatic carbocycles. The first kappa shape index (κ1) is 19.4. The molecule has 0 saturated carbocycles. The van der Waals surface area contributed by atoms with Crippen molar-refractivity contribution in [3.05, 3.63) is 18.0 Å². The molecule has 0 bridgehead atoms. The summed E-state index contributed by atoms with van der Waals surface area (Å²) in [5.74, 6) is 0.677. The number of nitrogens with one attached hydrogen (secondary N) is 2. The van der Waals surface area contributed by atoms with Gasteiger partial charge in [0.1, 0.15) is 5.60 Å². The summed E-state index contributed by atoms with van der Waals surface area (Å²) >= 11 is 0. The van der Waals surface area contributed by atoms with E-state index in [9.17, 15) is 5.11 Å². The highest BCUT2D eigenvalue weighted by molar-refractivity contribution is 5.79. The summed E-state index contributed by atoms with van der Waals surface area (Å²) < 4.78 is 7.19. The molecule has 0 saturated heterocycles. The fourth-order valence-corrected chi connectivity index (χ4v) is 1.96. The number of guanidine groups is 1. The van der Waals surface area contributed by atoms with Crippen LogP contribution in [0.3, 0.4) is 0 Å². The summed E-state index contributed by atoms with van der Waals surface area (Å²) in [4.78, 5) is 4.46. The van der Waals surface area contributed by atoms with Crippen LogP contribution in [0.15, 0.2) is 17.4 Å². The topological polar surface area (TPSA) is 83.7 Å². The van der Waals surface area contributed by atoms with Crippen LogP contribution in [0.5, 0.6) is 0 Å². The third-order valence-electron chi connectivity index (χ3n) is 3.40. The molecule has 3 N–H and O–H groups in total. The highest BCUT2D eigenvalue weighted by atomic mass is 16.5. The van der Waals surface area contributed by atoms with Crippen molar-refractivity contribution in [2.75, 3.05) is 32.8 Å². The van der Waals surface area contributed by atoms with Crippen LogP contribution in [0.1, 0.15) is 39.2 Å². The van der Waals surface area contributed by atoms with Gasteiger partial charge in [0.2, 0.25) is 0 Å². The van der Waals surface area contributed by atoms with Crippen molar-refractivity contribution in [1.82, 2.24) is 20.4 Å². The lowest BCUT2D eigenvalue weighted by Gasteiger charge is -2.20. The van der Waals surface area contributed by atoms with Gasteiger partial charge in [-0.05, 0) is 20.3 Å². The SMILES string of the molecule is CCCCOCCNC(=NCC(C)(O)c1cnn(C)c1)NCC. The molecule has 1 aromatic heterocycles. The highest BCUT2D eigenvalue weighted by Gasteiger charge is 2.24. The maximum absolute atomic E-state index is 10.5. The van der Waals surface area contributed by atoms with E-state index in [0.717, 1.165) is 31.6 Å². The Kier molecular flexibility index (Phi) is 8.65. The van der Waals surface area contributed by atoms with E-state index < -0.39 is 5.60 Å². The number of rotatable bonds is 10. The lowest BCUT2D eigenvalue weighted by molar-refractivity contribution is 0.0671. The van der Waals surface area contributed by atoms with Gasteiger partial charge in [-0.25, -0.2) is 4.99 Å². The average Bonchev–Trinajstić information content (AvgIpc) is 2.95. The zero-order valence-electron chi connectivity index (χ0n) is 14.8. The first-order valence-electron chi connectivity index (χ1n) is 8.31. The number of unbranched alkanes of at least 4 members (excludes halogenated alkanes) is 1. The van der Waals surface area contributed by atoms with Crippen LogP contribution in [-0.2, 0) is 17.4 Å². The second-order valence-electron chi connectivity index (χ2n) is 5.76. The predicted molar refractivity (Wildman–Crippen MR) is 92.5 cm³/mol. The Bertz CT molecular complexity index is 471. The van der Waals surface area contributed by atoms with Gasteiger partial charge >= 0.3 is 0 Å². The van der Waals surface area contributed by atoms with Crippen molar-refractivity contribution in [3.8, 4) is 0 Å². The summed E-state index contributed by atoms with van der Waals surface area (Å²) in [5.41, 5.74) is -0.295. The van der Waals surface area contributed by atoms with Gasteiger partial charge in [0.15, 0.2) is 5.96 Å². The number of aliphatic hydroxyl groups is 1. The van der Waals surface area contributed by atoms with Gasteiger partial charge in [-0.1, -0.05) is 13.3 Å². The van der Waals surface area contributed by atoms with Gasteiger partial charge < -0.3 is 20.5 Å². The van der Waals surface area contributed by atoms with E-state index in [2.05, 4.69) is 27.6 Å². The molecule has 1 atom stereocenters. The Hall–Kier alpha value is -1.60. The lowest BCUT2D eigenvalue weighted by atomic mass is 10.0. The van der Waals surface area contributed by atoms with Gasteiger partial charge in [-0.2, -0.15) is 5.10 Å². The summed E-state index contributed by atoms with van der Waals surface area (Å²) in [6.07, 6.45) is 5.69. The molecule has 0 spiro atoms. The Balaban J connectivity index is 2.47. The number of aryl methyl sites for hydroxylation is 1. The van der Waals surface area contributed by atoms with Crippen LogP contribution in [0.2, 0.25) is 0 Å². The van der Waals surface area contributed by atoms with Crippen LogP contribution in [-0.4, -0.2) is 53.7 Å². The number of aliphatic imine (C=N–C) groups is 1. The molecule has 7 nitrogen and oxygen atoms in total. The fourth-order valence-electron chi connectivity index (χ4n) is 1.96. The first-order chi connectivity index (χ1) is 11.0. The quantitative estimate of drug-likeness (QED) is 0.339. The number of nitrogens with zero attached hydrogens (tertiary/aromatic N) is 3. The molecule has 132 valence electrons. The molecule has 7 heteroatoms. The van der Waals surface area contributed by atoms with E-state index in [1.807, 2.05) is 14.0 Å². The van der Waals surface area contributed by atoms with Crippen molar-refractivity contribution in [3.63, 3.8) is 0 Å². The molecule has 0 aliphatic rings. The second-order valence-corrected chi connectivity index (χ2v) is 5.76. The normalized spacial score (nSPS) is 14.6. The first-order valence-corrected chi connectivity index (χ1v) is 8.31. The van der Waals surface area contributed by atoms with E-state index >= 15 is 0 Å². The number of hydrogen-bond donors (Lipinski definition) is 3. The van der Waals surface area contributed by atoms with Crippen LogP contribution in [0.25, 0.3) is 0 Å². The van der Waals surface area contributed by atoms with Crippen LogP contribution < -0.4 is 10.6 Å². The lowest BCUT2D eigenvalue weighted by Crippen LogP contribution is -2.40. The van der Waals surface area contributed by atoms with Crippen LogP contribution >= 0.6 is 0 Å². The third kappa shape index (κ3) is 7.47. The predicted octanol–water partition coefficient (Wildman–Crippen LogP) is 0.999. The largest absolute Gasteiger partial charge is 0.383 e. The number of aromatic nitrogens is 2. The molecule has 1 heterocycles. The molecule has 1 aromatic rings. The third-order valence-corrected chi connectivity index (χ3v) is 3.40. The van der Waals surface area contributed by atoms with Crippen molar-refractivity contribution >= 4 is 5.96 Å². The molecular formula is C16H31N5O2. The van der Waals surface area contributed by atoms with E-state index in [1.165, 1.54) is 0 Å². The molecule has 0 amide bonds. The van der Waals surface area contributed by atoms with Gasteiger partial charge in [0, 0.05) is 38.5 Å². The van der Waals surface area contributed by atoms with Crippen molar-refractivity contribution < 1.29 is 9.84 Å². The molecule has 1 rings (SSSR count). The zero-order chi connectivity index (χ0) is 17.1. The Labute approximate surface area is 139 Å². The molecule has 0 aliphatic carbocycles. The van der Waals surface area contributed by atoms with E-state index in [-0.39, 0.29) is 6.54 Å². The van der Waals surface area contributed by atoms with Crippen molar-refractivity contribution in [1.29, 1.82) is 0 Å². The van der Waals surface area contributed by atoms with Crippen LogP contribution in [0, 0.1) is 0 Å². The van der Waals surface area contributed by atoms with E-state index in [0.29, 0.717) is 19.1 Å². The summed E-state index contributed by atoms with van der Waals surface area (Å²) in [6, 6.07) is 0. The van der Waals surface area contributed by atoms with E-state index in [1.54, 1.807) is 24.0 Å². The minimum Gasteiger partial charge on any atom is -0.383 e. The summed E-state index contributed by atoms with van der Waals surface area (Å²) in [5, 5.41) is 21.0. The van der Waals surface area contributed by atoms with E-state index in [4.69, 9.17) is 4.74 Å². The molecule has 0 radical (unpaired) electrons. The number of ether oxygens (including phenoxy) is 1. The molecule has 0 aliphatic heterocycles. The van der Waals surface area contributed by atoms with Gasteiger partial charge in [-0.3, -0.25) is 4.68 Å². The van der Waals surface area contributed by atoms with Gasteiger partial charge in [-0.15, -0.1) is 0 Å². The Morgan fingerprint density at radius 3 is 2.78 bits per heavy atom. The maximum Gasteiger partial charge on any atom is 0.191 e. The zero-order valence-corrected chi connectivity index (χ0v) is 14.8.